The molecule has 1 heterocycles. The van der Waals surface area contributed by atoms with Crippen LogP contribution in [0.1, 0.15) is 5.56 Å². The maximum atomic E-state index is 13.2. The van der Waals surface area contributed by atoms with Crippen molar-refractivity contribution in [1.29, 1.82) is 0 Å². The number of nitrogens with one attached hydrogen (secondary N) is 2. The number of urea groups is 1. The minimum Gasteiger partial charge on any atom is -0.341 e. The maximum absolute atomic E-state index is 13.2. The van der Waals surface area contributed by atoms with Crippen LogP contribution in [0, 0.1) is 0 Å². The maximum Gasteiger partial charge on any atom is 0.321 e. The van der Waals surface area contributed by atoms with Gasteiger partial charge in [-0.1, -0.05) is 64.8 Å². The van der Waals surface area contributed by atoms with Crippen molar-refractivity contribution in [2.75, 3.05) is 17.7 Å². The van der Waals surface area contributed by atoms with Crippen molar-refractivity contribution < 1.29 is 14.4 Å². The van der Waals surface area contributed by atoms with Crippen LogP contribution < -0.4 is 15.5 Å². The molecule has 2 aromatic carbocycles. The van der Waals surface area contributed by atoms with Gasteiger partial charge in [0.15, 0.2) is 5.17 Å². The third-order valence-corrected chi connectivity index (χ3v) is 5.99. The lowest BCUT2D eigenvalue weighted by atomic mass is 10.2. The molecule has 0 bridgehead atoms. The van der Waals surface area contributed by atoms with Crippen LogP contribution in [-0.2, 0) is 9.59 Å². The number of carbonyl (C=O) groups is 3. The number of halogens is 3. The van der Waals surface area contributed by atoms with Crippen LogP contribution in [0.25, 0.3) is 6.08 Å². The van der Waals surface area contributed by atoms with Gasteiger partial charge in [0.1, 0.15) is 5.70 Å². The molecule has 11 heteroatoms. The molecular weight excluding hydrogens is 483 g/mol. The molecule has 0 atom stereocenters. The molecule has 0 aromatic heterocycles. The third-order valence-electron chi connectivity index (χ3n) is 3.99. The van der Waals surface area contributed by atoms with Crippen LogP contribution in [0.5, 0.6) is 0 Å². The Morgan fingerprint density at radius 1 is 1.13 bits per heavy atom. The molecule has 0 spiro atoms. The first-order valence-electron chi connectivity index (χ1n) is 8.79. The van der Waals surface area contributed by atoms with Gasteiger partial charge < -0.3 is 5.32 Å². The van der Waals surface area contributed by atoms with Gasteiger partial charge in [-0.05, 0) is 35.9 Å². The number of thioether (sulfide) groups is 1. The number of amides is 4. The fraction of sp³-hybridized carbons (Fsp3) is 0.100. The summed E-state index contributed by atoms with van der Waals surface area (Å²) in [6.45, 7) is 0. The number of hydrogen-bond acceptors (Lipinski definition) is 5. The third kappa shape index (κ3) is 5.59. The highest BCUT2D eigenvalue weighted by molar-refractivity contribution is 8.14. The molecule has 31 heavy (non-hydrogen) atoms. The largest absolute Gasteiger partial charge is 0.341 e. The van der Waals surface area contributed by atoms with E-state index < -0.39 is 17.8 Å². The molecule has 4 amide bonds. The minimum absolute atomic E-state index is 0.146. The summed E-state index contributed by atoms with van der Waals surface area (Å²) >= 11 is 19.3. The average molecular weight is 498 g/mol. The fourth-order valence-electron chi connectivity index (χ4n) is 2.54. The van der Waals surface area contributed by atoms with Gasteiger partial charge in [-0.2, -0.15) is 0 Å². The number of carbonyl (C=O) groups excluding carboxylic acids is 3. The smallest absolute Gasteiger partial charge is 0.321 e. The van der Waals surface area contributed by atoms with Gasteiger partial charge in [-0.25, -0.2) is 9.79 Å². The monoisotopic (exact) mass is 496 g/mol. The highest BCUT2D eigenvalue weighted by Gasteiger charge is 2.34. The van der Waals surface area contributed by atoms with E-state index in [9.17, 15) is 14.4 Å². The number of rotatable bonds is 4. The molecule has 2 aromatic rings. The minimum atomic E-state index is -0.631. The van der Waals surface area contributed by atoms with Crippen molar-refractivity contribution in [2.24, 2.45) is 4.99 Å². The summed E-state index contributed by atoms with van der Waals surface area (Å²) in [4.78, 5) is 42.1. The molecule has 0 fully saturated rings. The molecule has 7 nitrogen and oxygen atoms in total. The van der Waals surface area contributed by atoms with Gasteiger partial charge in [0.2, 0.25) is 5.91 Å². The highest BCUT2D eigenvalue weighted by atomic mass is 35.5. The van der Waals surface area contributed by atoms with Crippen molar-refractivity contribution in [2.45, 2.75) is 0 Å². The summed E-state index contributed by atoms with van der Waals surface area (Å²) in [5, 5.41) is 5.67. The zero-order valence-corrected chi connectivity index (χ0v) is 19.1. The summed E-state index contributed by atoms with van der Waals surface area (Å²) in [5.74, 6) is -1.14. The first-order valence-corrected chi connectivity index (χ1v) is 10.9. The van der Waals surface area contributed by atoms with E-state index in [1.165, 1.54) is 11.9 Å². The first-order chi connectivity index (χ1) is 14.8. The number of imide groups is 1. The quantitative estimate of drug-likeness (QED) is 0.605. The lowest BCUT2D eigenvalue weighted by Gasteiger charge is -2.19. The Kier molecular flexibility index (Phi) is 7.61. The van der Waals surface area contributed by atoms with Crippen molar-refractivity contribution in [3.63, 3.8) is 0 Å². The zero-order chi connectivity index (χ0) is 22.5. The van der Waals surface area contributed by atoms with Gasteiger partial charge in [0, 0.05) is 12.1 Å². The Labute approximate surface area is 197 Å². The van der Waals surface area contributed by atoms with E-state index >= 15 is 0 Å². The number of anilines is 1. The summed E-state index contributed by atoms with van der Waals surface area (Å²) in [6.07, 6.45) is 1.60. The molecule has 0 unspecified atom stereocenters. The molecule has 2 N–H and O–H groups in total. The van der Waals surface area contributed by atoms with E-state index in [1.54, 1.807) is 48.5 Å². The van der Waals surface area contributed by atoms with Crippen molar-refractivity contribution in [1.82, 2.24) is 10.6 Å². The van der Waals surface area contributed by atoms with Crippen molar-refractivity contribution >= 4 is 81.3 Å². The Hall–Kier alpha value is -2.52. The number of aliphatic imine (C=N–C) groups is 1. The summed E-state index contributed by atoms with van der Waals surface area (Å²) in [5.41, 5.74) is 1.20. The van der Waals surface area contributed by atoms with Gasteiger partial charge in [0.25, 0.3) is 5.91 Å². The number of benzene rings is 2. The zero-order valence-electron chi connectivity index (χ0n) is 16.0. The van der Waals surface area contributed by atoms with Crippen molar-refractivity contribution in [3.05, 3.63) is 68.8 Å². The Morgan fingerprint density at radius 2 is 1.84 bits per heavy atom. The lowest BCUT2D eigenvalue weighted by molar-refractivity contribution is -0.117. The number of amidine groups is 1. The molecule has 1 aliphatic rings. The lowest BCUT2D eigenvalue weighted by Crippen LogP contribution is -2.39. The van der Waals surface area contributed by atoms with E-state index in [4.69, 9.17) is 34.8 Å². The molecule has 1 aliphatic heterocycles. The average Bonchev–Trinajstić information content (AvgIpc) is 3.05. The second-order valence-corrected chi connectivity index (χ2v) is 8.27. The van der Waals surface area contributed by atoms with Crippen LogP contribution in [0.2, 0.25) is 15.1 Å². The first kappa shape index (κ1) is 23.1. The second-order valence-electron chi connectivity index (χ2n) is 6.10. The predicted octanol–water partition coefficient (Wildman–Crippen LogP) is 4.58. The molecule has 0 radical (unpaired) electrons. The van der Waals surface area contributed by atoms with Crippen LogP contribution in [0.4, 0.5) is 10.5 Å². The summed E-state index contributed by atoms with van der Waals surface area (Å²) in [7, 11) is 1.40. The van der Waals surface area contributed by atoms with Crippen molar-refractivity contribution in [3.8, 4) is 0 Å². The van der Waals surface area contributed by atoms with Crippen LogP contribution in [0.15, 0.2) is 53.2 Å². The van der Waals surface area contributed by atoms with Crippen LogP contribution >= 0.6 is 46.6 Å². The highest BCUT2D eigenvalue weighted by Crippen LogP contribution is 2.37. The Bertz CT molecular complexity index is 1100. The molecule has 160 valence electrons. The van der Waals surface area contributed by atoms with Gasteiger partial charge in [0.05, 0.1) is 21.5 Å². The van der Waals surface area contributed by atoms with E-state index in [-0.39, 0.29) is 26.7 Å². The summed E-state index contributed by atoms with van der Waals surface area (Å²) in [6, 6.07) is 11.1. The molecular formula is C20H15Cl3N4O3S. The predicted molar refractivity (Wildman–Crippen MR) is 126 cm³/mol. The number of nitrogens with zero attached hydrogens (tertiary/aromatic N) is 2. The topological polar surface area (TPSA) is 90.9 Å². The number of hydrogen-bond donors (Lipinski definition) is 2. The Morgan fingerprint density at radius 3 is 2.52 bits per heavy atom. The SMILES string of the molecule is CNC(=O)NC(=O)CSC1=N/C(=C\c2ccc(Cl)cc2)C(=O)N1c1cccc(Cl)c1Cl. The second kappa shape index (κ2) is 10.2. The molecule has 0 aliphatic carbocycles. The van der Waals surface area contributed by atoms with E-state index in [0.29, 0.717) is 10.7 Å². The normalized spacial score (nSPS) is 14.6. The Balaban J connectivity index is 1.93. The van der Waals surface area contributed by atoms with Gasteiger partial charge in [-0.3, -0.25) is 19.8 Å². The molecule has 0 saturated carbocycles. The van der Waals surface area contributed by atoms with E-state index in [2.05, 4.69) is 15.6 Å². The van der Waals surface area contributed by atoms with Crippen LogP contribution in [-0.4, -0.2) is 35.8 Å². The van der Waals surface area contributed by atoms with Crippen LogP contribution in [0.3, 0.4) is 0 Å². The fourth-order valence-corrected chi connectivity index (χ4v) is 3.85. The molecule has 0 saturated heterocycles. The van der Waals surface area contributed by atoms with E-state index in [1.807, 2.05) is 0 Å². The van der Waals surface area contributed by atoms with Gasteiger partial charge >= 0.3 is 6.03 Å². The summed E-state index contributed by atoms with van der Waals surface area (Å²) < 4.78 is 0. The van der Waals surface area contributed by atoms with Gasteiger partial charge in [-0.15, -0.1) is 0 Å². The molecule has 3 rings (SSSR count). The standard InChI is InChI=1S/C20H15Cl3N4O3S/c1-24-19(30)26-16(28)10-31-20-25-14(9-11-5-7-12(21)8-6-11)18(29)27(20)15-4-2-3-13(22)17(15)23/h2-9H,10H2,1H3,(H2,24,26,28,30)/b14-9-. The van der Waals surface area contributed by atoms with E-state index in [0.717, 1.165) is 17.3 Å².